The van der Waals surface area contributed by atoms with Gasteiger partial charge in [0.05, 0.1) is 21.5 Å². The lowest BCUT2D eigenvalue weighted by Gasteiger charge is -2.12. The second kappa shape index (κ2) is 12.5. The summed E-state index contributed by atoms with van der Waals surface area (Å²) < 4.78 is 21.4. The van der Waals surface area contributed by atoms with Crippen LogP contribution < -0.4 is 20.7 Å². The lowest BCUT2D eigenvalue weighted by Crippen LogP contribution is -2.35. The minimum absolute atomic E-state index is 0.0134. The van der Waals surface area contributed by atoms with E-state index < -0.39 is 5.82 Å². The lowest BCUT2D eigenvalue weighted by molar-refractivity contribution is -0.119. The fourth-order valence-electron chi connectivity index (χ4n) is 3.87. The second-order valence-corrected chi connectivity index (χ2v) is 10.2. The van der Waals surface area contributed by atoms with Crippen LogP contribution in [0.15, 0.2) is 97.2 Å². The number of carbonyl (C=O) groups excluding carboxylic acids is 2. The van der Waals surface area contributed by atoms with Crippen LogP contribution in [0.5, 0.6) is 11.5 Å². The molecule has 0 aliphatic carbocycles. The predicted molar refractivity (Wildman–Crippen MR) is 158 cm³/mol. The number of thiocarbonyl (C=S) groups is 1. The molecular formula is C30H23FN4O3S2. The van der Waals surface area contributed by atoms with E-state index in [-0.39, 0.29) is 29.1 Å². The number of thiophene rings is 1. The molecule has 0 unspecified atom stereocenters. The SMILES string of the molecule is O=C(Cc1ccccc1)NC(=S)Nc1ccc(Oc2ccnc3cc(C(=O)NCc4ccccc4)sc23)c(F)c1. The number of nitrogens with zero attached hydrogens (tertiary/aromatic N) is 1. The Morgan fingerprint density at radius 2 is 1.62 bits per heavy atom. The molecule has 7 nitrogen and oxygen atoms in total. The van der Waals surface area contributed by atoms with Gasteiger partial charge >= 0.3 is 0 Å². The van der Waals surface area contributed by atoms with Crippen molar-refractivity contribution in [2.75, 3.05) is 5.32 Å². The minimum atomic E-state index is -0.634. The van der Waals surface area contributed by atoms with Crippen LogP contribution in [-0.2, 0) is 17.8 Å². The lowest BCUT2D eigenvalue weighted by atomic mass is 10.1. The van der Waals surface area contributed by atoms with Crippen LogP contribution in [0, 0.1) is 5.82 Å². The Balaban J connectivity index is 1.22. The van der Waals surface area contributed by atoms with Gasteiger partial charge in [-0.15, -0.1) is 11.3 Å². The molecule has 200 valence electrons. The average molecular weight is 571 g/mol. The molecule has 0 saturated heterocycles. The molecule has 5 aromatic rings. The van der Waals surface area contributed by atoms with Gasteiger partial charge in [0.15, 0.2) is 16.7 Å². The van der Waals surface area contributed by atoms with E-state index in [4.69, 9.17) is 17.0 Å². The Labute approximate surface area is 239 Å². The van der Waals surface area contributed by atoms with Gasteiger partial charge in [0.1, 0.15) is 5.75 Å². The first kappa shape index (κ1) is 26.9. The fraction of sp³-hybridized carbons (Fsp3) is 0.0667. The quantitative estimate of drug-likeness (QED) is 0.192. The largest absolute Gasteiger partial charge is 0.453 e. The number of ether oxygens (including phenoxy) is 1. The third kappa shape index (κ3) is 6.85. The third-order valence-corrected chi connectivity index (χ3v) is 7.11. The molecule has 3 N–H and O–H groups in total. The summed E-state index contributed by atoms with van der Waals surface area (Å²) in [6, 6.07) is 26.4. The molecule has 0 saturated carbocycles. The Morgan fingerprint density at radius 3 is 2.35 bits per heavy atom. The van der Waals surface area contributed by atoms with E-state index in [1.54, 1.807) is 24.4 Å². The third-order valence-electron chi connectivity index (χ3n) is 5.77. The summed E-state index contributed by atoms with van der Waals surface area (Å²) >= 11 is 6.42. The van der Waals surface area contributed by atoms with E-state index in [1.165, 1.54) is 23.5 Å². The maximum absolute atomic E-state index is 15.0. The van der Waals surface area contributed by atoms with E-state index in [9.17, 15) is 14.0 Å². The first-order valence-electron chi connectivity index (χ1n) is 12.3. The zero-order chi connectivity index (χ0) is 27.9. The normalized spacial score (nSPS) is 10.6. The molecule has 5 rings (SSSR count). The number of fused-ring (bicyclic) bond motifs is 1. The van der Waals surface area contributed by atoms with Crippen molar-refractivity contribution in [3.05, 3.63) is 119 Å². The molecule has 2 aromatic heterocycles. The molecule has 10 heteroatoms. The number of anilines is 1. The van der Waals surface area contributed by atoms with Crippen LogP contribution in [0.4, 0.5) is 10.1 Å². The molecule has 0 aliphatic rings. The highest BCUT2D eigenvalue weighted by Crippen LogP contribution is 2.36. The zero-order valence-electron chi connectivity index (χ0n) is 21.0. The number of amides is 2. The van der Waals surface area contributed by atoms with Gasteiger partial charge in [-0.1, -0.05) is 60.7 Å². The Bertz CT molecular complexity index is 1680. The molecule has 2 heterocycles. The number of aromatic nitrogens is 1. The first-order valence-corrected chi connectivity index (χ1v) is 13.5. The Hall–Kier alpha value is -4.67. The Kier molecular flexibility index (Phi) is 8.38. The van der Waals surface area contributed by atoms with E-state index >= 15 is 0 Å². The van der Waals surface area contributed by atoms with Gasteiger partial charge in [-0.05, 0) is 41.5 Å². The number of hydrogen-bond donors (Lipinski definition) is 3. The maximum atomic E-state index is 15.0. The number of halogens is 1. The number of nitrogens with one attached hydrogen (secondary N) is 3. The van der Waals surface area contributed by atoms with Crippen molar-refractivity contribution in [1.29, 1.82) is 0 Å². The van der Waals surface area contributed by atoms with Crippen molar-refractivity contribution in [3.63, 3.8) is 0 Å². The van der Waals surface area contributed by atoms with E-state index in [2.05, 4.69) is 20.9 Å². The standard InChI is InChI=1S/C30H23FN4O3S2/c31-22-16-21(34-30(39)35-27(36)15-19-7-3-1-4-8-19)11-12-24(22)38-25-13-14-32-23-17-26(40-28(23)25)29(37)33-18-20-9-5-2-6-10-20/h1-14,16-17H,15,18H2,(H,33,37)(H2,34,35,36,39). The molecule has 40 heavy (non-hydrogen) atoms. The molecule has 0 spiro atoms. The van der Waals surface area contributed by atoms with Crippen LogP contribution in [0.25, 0.3) is 10.2 Å². The highest BCUT2D eigenvalue weighted by molar-refractivity contribution is 7.80. The van der Waals surface area contributed by atoms with Gasteiger partial charge in [-0.25, -0.2) is 4.39 Å². The molecule has 0 aliphatic heterocycles. The van der Waals surface area contributed by atoms with Gasteiger partial charge in [-0.3, -0.25) is 14.6 Å². The topological polar surface area (TPSA) is 92.3 Å². The summed E-state index contributed by atoms with van der Waals surface area (Å²) in [5.74, 6) is -0.784. The summed E-state index contributed by atoms with van der Waals surface area (Å²) in [6.07, 6.45) is 1.71. The summed E-state index contributed by atoms with van der Waals surface area (Å²) in [5.41, 5.74) is 2.76. The molecule has 0 atom stereocenters. The minimum Gasteiger partial charge on any atom is -0.453 e. The number of carbonyl (C=O) groups is 2. The molecular weight excluding hydrogens is 547 g/mol. The monoisotopic (exact) mass is 570 g/mol. The van der Waals surface area contributed by atoms with Crippen molar-refractivity contribution in [3.8, 4) is 11.5 Å². The summed E-state index contributed by atoms with van der Waals surface area (Å²) in [4.78, 5) is 29.7. The predicted octanol–water partition coefficient (Wildman–Crippen LogP) is 6.21. The molecule has 0 fully saturated rings. The van der Waals surface area contributed by atoms with Crippen molar-refractivity contribution in [1.82, 2.24) is 15.6 Å². The van der Waals surface area contributed by atoms with Crippen LogP contribution in [0.3, 0.4) is 0 Å². The van der Waals surface area contributed by atoms with Crippen LogP contribution in [-0.4, -0.2) is 21.9 Å². The smallest absolute Gasteiger partial charge is 0.261 e. The Morgan fingerprint density at radius 1 is 0.900 bits per heavy atom. The van der Waals surface area contributed by atoms with Crippen LogP contribution in [0.1, 0.15) is 20.8 Å². The molecule has 2 amide bonds. The van der Waals surface area contributed by atoms with E-state index in [0.717, 1.165) is 11.1 Å². The van der Waals surface area contributed by atoms with Crippen molar-refractivity contribution < 1.29 is 18.7 Å². The van der Waals surface area contributed by atoms with Crippen LogP contribution >= 0.6 is 23.6 Å². The van der Waals surface area contributed by atoms with Crippen LogP contribution in [0.2, 0.25) is 0 Å². The number of hydrogen-bond acceptors (Lipinski definition) is 6. The van der Waals surface area contributed by atoms with Crippen molar-refractivity contribution in [2.45, 2.75) is 13.0 Å². The fourth-order valence-corrected chi connectivity index (χ4v) is 5.08. The van der Waals surface area contributed by atoms with Gasteiger partial charge in [-0.2, -0.15) is 0 Å². The number of pyridine rings is 1. The first-order chi connectivity index (χ1) is 19.4. The average Bonchev–Trinajstić information content (AvgIpc) is 3.40. The second-order valence-electron chi connectivity index (χ2n) is 8.71. The van der Waals surface area contributed by atoms with Gasteiger partial charge < -0.3 is 20.7 Å². The summed E-state index contributed by atoms with van der Waals surface area (Å²) in [7, 11) is 0. The van der Waals surface area contributed by atoms with Gasteiger partial charge in [0.25, 0.3) is 5.91 Å². The van der Waals surface area contributed by atoms with Crippen molar-refractivity contribution in [2.24, 2.45) is 0 Å². The van der Waals surface area contributed by atoms with Crippen molar-refractivity contribution >= 4 is 56.4 Å². The summed E-state index contributed by atoms with van der Waals surface area (Å²) in [6.45, 7) is 0.399. The highest BCUT2D eigenvalue weighted by Gasteiger charge is 2.16. The highest BCUT2D eigenvalue weighted by atomic mass is 32.1. The molecule has 0 radical (unpaired) electrons. The molecule has 0 bridgehead atoms. The maximum Gasteiger partial charge on any atom is 0.261 e. The van der Waals surface area contributed by atoms with Gasteiger partial charge in [0.2, 0.25) is 5.91 Å². The molecule has 3 aromatic carbocycles. The summed E-state index contributed by atoms with van der Waals surface area (Å²) in [5, 5.41) is 8.36. The number of rotatable bonds is 8. The van der Waals surface area contributed by atoms with E-state index in [1.807, 2.05) is 60.7 Å². The number of benzene rings is 3. The zero-order valence-corrected chi connectivity index (χ0v) is 22.7. The van der Waals surface area contributed by atoms with E-state index in [0.29, 0.717) is 33.1 Å². The van der Waals surface area contributed by atoms with Gasteiger partial charge in [0, 0.05) is 30.6 Å².